The number of allylic oxidation sites excluding steroid dienone is 5. The lowest BCUT2D eigenvalue weighted by molar-refractivity contribution is 0.969. The molecule has 0 radical (unpaired) electrons. The van der Waals surface area contributed by atoms with Gasteiger partial charge in [0, 0.05) is 10.2 Å². The van der Waals surface area contributed by atoms with Gasteiger partial charge in [-0.2, -0.15) is 0 Å². The molecule has 1 aliphatic heterocycles. The molecule has 0 amide bonds. The Kier molecular flexibility index (Phi) is 1.91. The molecule has 0 bridgehead atoms. The van der Waals surface area contributed by atoms with E-state index < -0.39 is 0 Å². The van der Waals surface area contributed by atoms with E-state index in [1.54, 1.807) is 0 Å². The van der Waals surface area contributed by atoms with E-state index in [1.807, 2.05) is 11.8 Å². The third kappa shape index (κ3) is 1.43. The van der Waals surface area contributed by atoms with Gasteiger partial charge in [-0.3, -0.25) is 0 Å². The molecule has 0 aromatic rings. The maximum absolute atomic E-state index is 2.29. The number of hydrogen-bond donors (Lipinski definition) is 0. The van der Waals surface area contributed by atoms with Crippen molar-refractivity contribution >= 4 is 11.8 Å². The third-order valence-electron chi connectivity index (χ3n) is 2.01. The largest absolute Gasteiger partial charge is 0.122 e. The van der Waals surface area contributed by atoms with Crippen LogP contribution in [0, 0.1) is 0 Å². The predicted molar refractivity (Wildman–Crippen MR) is 51.6 cm³/mol. The summed E-state index contributed by atoms with van der Waals surface area (Å²) >= 11 is 2.00. The second kappa shape index (κ2) is 2.90. The Morgan fingerprint density at radius 3 is 3.09 bits per heavy atom. The maximum atomic E-state index is 2.29. The molecule has 0 saturated heterocycles. The van der Waals surface area contributed by atoms with Gasteiger partial charge in [0.1, 0.15) is 0 Å². The summed E-state index contributed by atoms with van der Waals surface area (Å²) in [6, 6.07) is 0. The first-order chi connectivity index (χ1) is 5.36. The van der Waals surface area contributed by atoms with Crippen LogP contribution in [0.3, 0.4) is 0 Å². The monoisotopic (exact) mass is 164 g/mol. The highest BCUT2D eigenvalue weighted by molar-refractivity contribution is 8.04. The van der Waals surface area contributed by atoms with E-state index in [1.165, 1.54) is 16.9 Å². The molecular formula is C10H12S. The second-order valence-electron chi connectivity index (χ2n) is 3.06. The summed E-state index contributed by atoms with van der Waals surface area (Å²) in [5.41, 5.74) is 1.54. The van der Waals surface area contributed by atoms with Crippen LogP contribution in [0.4, 0.5) is 0 Å². The number of rotatable bonds is 0. The number of thioether (sulfide) groups is 1. The van der Waals surface area contributed by atoms with Crippen LogP contribution in [0.15, 0.2) is 34.8 Å². The zero-order valence-electron chi connectivity index (χ0n) is 6.71. The first-order valence-corrected chi connectivity index (χ1v) is 4.97. The lowest BCUT2D eigenvalue weighted by atomic mass is 10.1. The normalized spacial score (nSPS) is 29.0. The van der Waals surface area contributed by atoms with E-state index in [0.717, 1.165) is 11.7 Å². The minimum absolute atomic E-state index is 0.785. The molecule has 2 aliphatic rings. The summed E-state index contributed by atoms with van der Waals surface area (Å²) in [6.07, 6.45) is 11.4. The Hall–Kier alpha value is -0.430. The highest BCUT2D eigenvalue weighted by Crippen LogP contribution is 2.39. The van der Waals surface area contributed by atoms with Crippen molar-refractivity contribution in [2.45, 2.75) is 25.0 Å². The summed E-state index contributed by atoms with van der Waals surface area (Å²) in [7, 11) is 0. The van der Waals surface area contributed by atoms with Crippen LogP contribution >= 0.6 is 11.8 Å². The van der Waals surface area contributed by atoms with Gasteiger partial charge in [0.15, 0.2) is 0 Å². The highest BCUT2D eigenvalue weighted by atomic mass is 32.2. The van der Waals surface area contributed by atoms with Gasteiger partial charge in [-0.05, 0) is 18.4 Å². The fraction of sp³-hybridized carbons (Fsp3) is 0.400. The molecule has 1 atom stereocenters. The third-order valence-corrected chi connectivity index (χ3v) is 3.23. The van der Waals surface area contributed by atoms with Crippen molar-refractivity contribution in [1.29, 1.82) is 0 Å². The highest BCUT2D eigenvalue weighted by Gasteiger charge is 2.18. The fourth-order valence-electron chi connectivity index (χ4n) is 1.50. The number of hydrogen-bond acceptors (Lipinski definition) is 1. The van der Waals surface area contributed by atoms with Crippen molar-refractivity contribution in [1.82, 2.24) is 0 Å². The van der Waals surface area contributed by atoms with Crippen molar-refractivity contribution in [2.24, 2.45) is 0 Å². The van der Waals surface area contributed by atoms with Crippen LogP contribution in [0.5, 0.6) is 0 Å². The zero-order valence-corrected chi connectivity index (χ0v) is 7.53. The first kappa shape index (κ1) is 7.23. The van der Waals surface area contributed by atoms with Gasteiger partial charge in [-0.15, -0.1) is 11.8 Å². The van der Waals surface area contributed by atoms with Gasteiger partial charge in [-0.25, -0.2) is 0 Å². The van der Waals surface area contributed by atoms with Crippen molar-refractivity contribution in [2.75, 3.05) is 0 Å². The molecule has 2 rings (SSSR count). The summed E-state index contributed by atoms with van der Waals surface area (Å²) in [4.78, 5) is 1.49. The van der Waals surface area contributed by atoms with Crippen LogP contribution in [-0.2, 0) is 0 Å². The average Bonchev–Trinajstić information content (AvgIpc) is 2.17. The van der Waals surface area contributed by atoms with Gasteiger partial charge in [0.25, 0.3) is 0 Å². The van der Waals surface area contributed by atoms with Crippen molar-refractivity contribution in [3.63, 3.8) is 0 Å². The van der Waals surface area contributed by atoms with Crippen LogP contribution in [-0.4, -0.2) is 5.25 Å². The van der Waals surface area contributed by atoms with E-state index in [-0.39, 0.29) is 0 Å². The van der Waals surface area contributed by atoms with Crippen molar-refractivity contribution < 1.29 is 0 Å². The van der Waals surface area contributed by atoms with E-state index in [2.05, 4.69) is 31.2 Å². The standard InChI is InChI=1S/C10H12S/c1-8-7-9-5-3-2-4-6-10(9)11-8/h3-6,8H,2,7H2,1H3. The summed E-state index contributed by atoms with van der Waals surface area (Å²) in [6.45, 7) is 2.29. The van der Waals surface area contributed by atoms with Crippen LogP contribution in [0.2, 0.25) is 0 Å². The molecule has 0 spiro atoms. The zero-order chi connectivity index (χ0) is 7.68. The minimum Gasteiger partial charge on any atom is -0.122 e. The van der Waals surface area contributed by atoms with E-state index in [4.69, 9.17) is 0 Å². The quantitative estimate of drug-likeness (QED) is 0.529. The van der Waals surface area contributed by atoms with Gasteiger partial charge < -0.3 is 0 Å². The van der Waals surface area contributed by atoms with Gasteiger partial charge in [-0.1, -0.05) is 31.2 Å². The molecule has 0 fully saturated rings. The molecule has 58 valence electrons. The molecule has 0 aromatic carbocycles. The molecule has 11 heavy (non-hydrogen) atoms. The molecule has 1 aliphatic carbocycles. The van der Waals surface area contributed by atoms with Gasteiger partial charge in [0.2, 0.25) is 0 Å². The lowest BCUT2D eigenvalue weighted by Gasteiger charge is -1.97. The summed E-state index contributed by atoms with van der Waals surface area (Å²) < 4.78 is 0. The average molecular weight is 164 g/mol. The van der Waals surface area contributed by atoms with Crippen LogP contribution in [0.1, 0.15) is 19.8 Å². The Labute approximate surface area is 72.1 Å². The summed E-state index contributed by atoms with van der Waals surface area (Å²) in [5, 5.41) is 0.785. The van der Waals surface area contributed by atoms with E-state index in [0.29, 0.717) is 0 Å². The molecule has 0 nitrogen and oxygen atoms in total. The molecule has 0 N–H and O–H groups in total. The molecule has 0 saturated carbocycles. The first-order valence-electron chi connectivity index (χ1n) is 4.09. The van der Waals surface area contributed by atoms with E-state index in [9.17, 15) is 0 Å². The molecule has 0 aromatic heterocycles. The van der Waals surface area contributed by atoms with Gasteiger partial charge in [0.05, 0.1) is 0 Å². The smallest absolute Gasteiger partial charge is 0.0107 e. The Morgan fingerprint density at radius 2 is 2.18 bits per heavy atom. The SMILES string of the molecule is CC1CC2=C(C=CCC=C2)S1. The fourth-order valence-corrected chi connectivity index (χ4v) is 2.68. The molecule has 1 unspecified atom stereocenters. The minimum atomic E-state index is 0.785. The van der Waals surface area contributed by atoms with Crippen molar-refractivity contribution in [3.8, 4) is 0 Å². The van der Waals surface area contributed by atoms with Gasteiger partial charge >= 0.3 is 0 Å². The Morgan fingerprint density at radius 1 is 1.36 bits per heavy atom. The summed E-state index contributed by atoms with van der Waals surface area (Å²) in [5.74, 6) is 0. The Balaban J connectivity index is 2.28. The van der Waals surface area contributed by atoms with Crippen molar-refractivity contribution in [3.05, 3.63) is 34.8 Å². The van der Waals surface area contributed by atoms with E-state index >= 15 is 0 Å². The lowest BCUT2D eigenvalue weighted by Crippen LogP contribution is -1.87. The molecule has 1 heteroatoms. The molecular weight excluding hydrogens is 152 g/mol. The van der Waals surface area contributed by atoms with Crippen LogP contribution < -0.4 is 0 Å². The Bertz CT molecular complexity index is 222. The maximum Gasteiger partial charge on any atom is 0.0107 e. The topological polar surface area (TPSA) is 0 Å². The molecule has 1 heterocycles. The van der Waals surface area contributed by atoms with Crippen LogP contribution in [0.25, 0.3) is 0 Å². The predicted octanol–water partition coefficient (Wildman–Crippen LogP) is 3.28. The second-order valence-corrected chi connectivity index (χ2v) is 4.54.